The number of hydrogen-bond acceptors (Lipinski definition) is 1. The van der Waals surface area contributed by atoms with Gasteiger partial charge in [-0.2, -0.15) is 0 Å². The van der Waals surface area contributed by atoms with Crippen molar-refractivity contribution in [2.24, 2.45) is 0 Å². The van der Waals surface area contributed by atoms with Gasteiger partial charge in [-0.05, 0) is 46.4 Å². The van der Waals surface area contributed by atoms with Crippen LogP contribution < -0.4 is 5.56 Å². The fraction of sp³-hybridized carbons (Fsp3) is 0.0833. The van der Waals surface area contributed by atoms with E-state index in [4.69, 9.17) is 0 Å². The van der Waals surface area contributed by atoms with Gasteiger partial charge in [0.2, 0.25) is 0 Å². The molecule has 0 aliphatic carbocycles. The van der Waals surface area contributed by atoms with E-state index in [1.165, 1.54) is 0 Å². The highest BCUT2D eigenvalue weighted by Crippen LogP contribution is 2.11. The van der Waals surface area contributed by atoms with Crippen molar-refractivity contribution in [1.29, 1.82) is 0 Å². The zero-order chi connectivity index (χ0) is 11.5. The van der Waals surface area contributed by atoms with Crippen LogP contribution in [0.15, 0.2) is 51.9 Å². The molecule has 1 aromatic carbocycles. The van der Waals surface area contributed by atoms with Gasteiger partial charge >= 0.3 is 0 Å². The van der Waals surface area contributed by atoms with Gasteiger partial charge in [-0.15, -0.1) is 0 Å². The quantitative estimate of drug-likeness (QED) is 0.722. The lowest BCUT2D eigenvalue weighted by Crippen LogP contribution is -2.19. The molecule has 0 spiro atoms. The summed E-state index contributed by atoms with van der Waals surface area (Å²) in [7, 11) is 0. The minimum Gasteiger partial charge on any atom is -0.310 e. The Morgan fingerprint density at radius 3 is 2.50 bits per heavy atom. The molecule has 4 heteroatoms. The van der Waals surface area contributed by atoms with Crippen LogP contribution in [0.25, 0.3) is 0 Å². The predicted molar refractivity (Wildman–Crippen MR) is 76.7 cm³/mol. The average molecular weight is 390 g/mol. The molecule has 82 valence electrons. The molecular weight excluding hydrogens is 381 g/mol. The van der Waals surface area contributed by atoms with Gasteiger partial charge in [0.25, 0.3) is 5.56 Å². The Morgan fingerprint density at radius 1 is 1.12 bits per heavy atom. The van der Waals surface area contributed by atoms with E-state index in [1.807, 2.05) is 36.5 Å². The lowest BCUT2D eigenvalue weighted by Gasteiger charge is -2.06. The third-order valence-corrected chi connectivity index (χ3v) is 3.38. The van der Waals surface area contributed by atoms with Crippen LogP contribution in [0.1, 0.15) is 5.56 Å². The summed E-state index contributed by atoms with van der Waals surface area (Å²) < 4.78 is 3.82. The second-order valence-electron chi connectivity index (χ2n) is 3.44. The molecule has 0 aliphatic rings. The van der Waals surface area contributed by atoms with E-state index in [0.29, 0.717) is 6.54 Å². The van der Waals surface area contributed by atoms with E-state index in [9.17, 15) is 4.79 Å². The van der Waals surface area contributed by atoms with Gasteiger partial charge < -0.3 is 4.57 Å². The van der Waals surface area contributed by atoms with E-state index < -0.39 is 0 Å². The fourth-order valence-electron chi connectivity index (χ4n) is 1.41. The SMILES string of the molecule is O=c1ccc(I)cn1Cc1ccc(Br)cc1. The van der Waals surface area contributed by atoms with Crippen molar-refractivity contribution in [1.82, 2.24) is 4.57 Å². The number of hydrogen-bond donors (Lipinski definition) is 0. The summed E-state index contributed by atoms with van der Waals surface area (Å²) in [5, 5.41) is 0. The molecule has 1 aromatic heterocycles. The van der Waals surface area contributed by atoms with Crippen LogP contribution in [0.3, 0.4) is 0 Å². The van der Waals surface area contributed by atoms with Crippen LogP contribution in [0.5, 0.6) is 0 Å². The molecule has 2 nitrogen and oxygen atoms in total. The summed E-state index contributed by atoms with van der Waals surface area (Å²) in [4.78, 5) is 11.6. The molecule has 0 amide bonds. The molecule has 0 fully saturated rings. The molecule has 0 bridgehead atoms. The molecule has 0 saturated carbocycles. The highest BCUT2D eigenvalue weighted by atomic mass is 127. The molecule has 1 heterocycles. The summed E-state index contributed by atoms with van der Waals surface area (Å²) in [6.45, 7) is 0.614. The largest absolute Gasteiger partial charge is 0.310 e. The first-order valence-corrected chi connectivity index (χ1v) is 6.63. The van der Waals surface area contributed by atoms with Crippen molar-refractivity contribution >= 4 is 38.5 Å². The van der Waals surface area contributed by atoms with Gasteiger partial charge in [-0.25, -0.2) is 0 Å². The molecular formula is C12H9BrINO. The Labute approximate surface area is 116 Å². The Hall–Kier alpha value is -0.620. The summed E-state index contributed by atoms with van der Waals surface area (Å²) in [6, 6.07) is 11.4. The van der Waals surface area contributed by atoms with Crippen molar-refractivity contribution in [2.45, 2.75) is 6.54 Å². The number of nitrogens with zero attached hydrogens (tertiary/aromatic N) is 1. The van der Waals surface area contributed by atoms with Gasteiger partial charge in [-0.1, -0.05) is 28.1 Å². The molecule has 0 atom stereocenters. The monoisotopic (exact) mass is 389 g/mol. The predicted octanol–water partition coefficient (Wildman–Crippen LogP) is 3.26. The van der Waals surface area contributed by atoms with Gasteiger partial charge in [0.15, 0.2) is 0 Å². The van der Waals surface area contributed by atoms with E-state index >= 15 is 0 Å². The standard InChI is InChI=1S/C12H9BrINO/c13-10-3-1-9(2-4-10)7-15-8-11(14)5-6-12(15)16/h1-6,8H,7H2. The Kier molecular flexibility index (Phi) is 3.81. The molecule has 0 saturated heterocycles. The Balaban J connectivity index is 2.30. The highest BCUT2D eigenvalue weighted by molar-refractivity contribution is 14.1. The van der Waals surface area contributed by atoms with E-state index in [-0.39, 0.29) is 5.56 Å². The molecule has 0 unspecified atom stereocenters. The van der Waals surface area contributed by atoms with Crippen LogP contribution in [0.4, 0.5) is 0 Å². The van der Waals surface area contributed by atoms with Gasteiger partial charge in [0, 0.05) is 20.3 Å². The second kappa shape index (κ2) is 5.14. The van der Waals surface area contributed by atoms with Crippen molar-refractivity contribution < 1.29 is 0 Å². The zero-order valence-electron chi connectivity index (χ0n) is 8.36. The maximum atomic E-state index is 11.6. The zero-order valence-corrected chi connectivity index (χ0v) is 12.1. The second-order valence-corrected chi connectivity index (χ2v) is 5.60. The van der Waals surface area contributed by atoms with Crippen LogP contribution in [0, 0.1) is 3.57 Å². The van der Waals surface area contributed by atoms with Gasteiger partial charge in [0.1, 0.15) is 0 Å². The average Bonchev–Trinajstić information content (AvgIpc) is 2.27. The molecule has 2 aromatic rings. The molecule has 0 radical (unpaired) electrons. The minimum atomic E-state index is 0.0309. The third-order valence-electron chi connectivity index (χ3n) is 2.21. The smallest absolute Gasteiger partial charge is 0.250 e. The van der Waals surface area contributed by atoms with Gasteiger partial charge in [0.05, 0.1) is 6.54 Å². The maximum absolute atomic E-state index is 11.6. The maximum Gasteiger partial charge on any atom is 0.250 e. The lowest BCUT2D eigenvalue weighted by atomic mass is 10.2. The Morgan fingerprint density at radius 2 is 1.81 bits per heavy atom. The number of rotatable bonds is 2. The first-order valence-electron chi connectivity index (χ1n) is 4.75. The van der Waals surface area contributed by atoms with Crippen molar-refractivity contribution in [2.75, 3.05) is 0 Å². The van der Waals surface area contributed by atoms with Crippen molar-refractivity contribution in [3.8, 4) is 0 Å². The van der Waals surface area contributed by atoms with Crippen molar-refractivity contribution in [3.63, 3.8) is 0 Å². The first kappa shape index (κ1) is 11.9. The summed E-state index contributed by atoms with van der Waals surface area (Å²) in [5.41, 5.74) is 1.15. The topological polar surface area (TPSA) is 22.0 Å². The molecule has 0 N–H and O–H groups in total. The number of pyridine rings is 1. The van der Waals surface area contributed by atoms with E-state index in [1.54, 1.807) is 10.6 Å². The van der Waals surface area contributed by atoms with E-state index in [2.05, 4.69) is 38.5 Å². The van der Waals surface area contributed by atoms with Crippen LogP contribution in [0.2, 0.25) is 0 Å². The molecule has 2 rings (SSSR count). The van der Waals surface area contributed by atoms with Crippen LogP contribution >= 0.6 is 38.5 Å². The van der Waals surface area contributed by atoms with E-state index in [0.717, 1.165) is 13.6 Å². The van der Waals surface area contributed by atoms with Crippen molar-refractivity contribution in [3.05, 3.63) is 66.6 Å². The first-order chi connectivity index (χ1) is 7.65. The third kappa shape index (κ3) is 2.95. The van der Waals surface area contributed by atoms with Crippen LogP contribution in [-0.4, -0.2) is 4.57 Å². The highest BCUT2D eigenvalue weighted by Gasteiger charge is 1.98. The summed E-state index contributed by atoms with van der Waals surface area (Å²) in [6.07, 6.45) is 1.87. The summed E-state index contributed by atoms with van der Waals surface area (Å²) >= 11 is 5.59. The number of aromatic nitrogens is 1. The Bertz CT molecular complexity index is 548. The number of halogens is 2. The van der Waals surface area contributed by atoms with Crippen LogP contribution in [-0.2, 0) is 6.54 Å². The minimum absolute atomic E-state index is 0.0309. The number of benzene rings is 1. The van der Waals surface area contributed by atoms with Gasteiger partial charge in [-0.3, -0.25) is 4.79 Å². The normalized spacial score (nSPS) is 10.4. The summed E-state index contributed by atoms with van der Waals surface area (Å²) in [5.74, 6) is 0. The lowest BCUT2D eigenvalue weighted by molar-refractivity contribution is 0.756. The molecule has 16 heavy (non-hydrogen) atoms. The molecule has 0 aliphatic heterocycles. The fourth-order valence-corrected chi connectivity index (χ4v) is 2.19.